The van der Waals surface area contributed by atoms with Gasteiger partial charge in [-0.25, -0.2) is 0 Å². The molecule has 0 saturated heterocycles. The lowest BCUT2D eigenvalue weighted by Crippen LogP contribution is -2.43. The summed E-state index contributed by atoms with van der Waals surface area (Å²) < 4.78 is 5.68. The summed E-state index contributed by atoms with van der Waals surface area (Å²) in [4.78, 5) is 4.12. The summed E-state index contributed by atoms with van der Waals surface area (Å²) in [5, 5.41) is 0. The van der Waals surface area contributed by atoms with Gasteiger partial charge in [0.2, 0.25) is 0 Å². The highest BCUT2D eigenvalue weighted by Crippen LogP contribution is 2.02. The fraction of sp³-hybridized carbons (Fsp3) is 1.00. The van der Waals surface area contributed by atoms with Crippen LogP contribution in [-0.2, 0) is 4.74 Å². The second-order valence-corrected chi connectivity index (χ2v) is 3.98. The smallest absolute Gasteiger partial charge is 0.167 e. The minimum atomic E-state index is 0.0902. The Hall–Kier alpha value is -0.120. The summed E-state index contributed by atoms with van der Waals surface area (Å²) in [6.07, 6.45) is 0.0902. The predicted molar refractivity (Wildman–Crippen MR) is 52.0 cm³/mol. The minimum Gasteiger partial charge on any atom is -0.349 e. The molecule has 74 valence electrons. The minimum absolute atomic E-state index is 0.0902. The Labute approximate surface area is 76.3 Å². The monoisotopic (exact) mass is 174 g/mol. The largest absolute Gasteiger partial charge is 0.349 e. The Morgan fingerprint density at radius 1 is 1.00 bits per heavy atom. The maximum atomic E-state index is 5.68. The first-order valence-electron chi connectivity index (χ1n) is 4.39. The van der Waals surface area contributed by atoms with Crippen LogP contribution in [0.25, 0.3) is 0 Å². The Morgan fingerprint density at radius 2 is 1.42 bits per heavy atom. The van der Waals surface area contributed by atoms with E-state index in [1.807, 2.05) is 28.2 Å². The highest BCUT2D eigenvalue weighted by Gasteiger charge is 2.13. The highest BCUT2D eigenvalue weighted by molar-refractivity contribution is 4.51. The van der Waals surface area contributed by atoms with Gasteiger partial charge in [-0.2, -0.15) is 0 Å². The van der Waals surface area contributed by atoms with Crippen LogP contribution in [0.15, 0.2) is 0 Å². The van der Waals surface area contributed by atoms with E-state index in [0.29, 0.717) is 5.92 Å². The van der Waals surface area contributed by atoms with Crippen LogP contribution >= 0.6 is 0 Å². The molecular weight excluding hydrogens is 152 g/mol. The van der Waals surface area contributed by atoms with Crippen LogP contribution in [0.2, 0.25) is 0 Å². The van der Waals surface area contributed by atoms with Crippen molar-refractivity contribution in [2.45, 2.75) is 20.2 Å². The Balaban J connectivity index is 3.80. The van der Waals surface area contributed by atoms with E-state index >= 15 is 0 Å². The third kappa shape index (κ3) is 4.70. The van der Waals surface area contributed by atoms with E-state index < -0.39 is 0 Å². The van der Waals surface area contributed by atoms with Crippen molar-refractivity contribution in [2.75, 3.05) is 34.8 Å². The first-order valence-corrected chi connectivity index (χ1v) is 4.39. The quantitative estimate of drug-likeness (QED) is 0.580. The van der Waals surface area contributed by atoms with Crippen LogP contribution < -0.4 is 0 Å². The Kier molecular flexibility index (Phi) is 5.46. The van der Waals surface area contributed by atoms with Crippen LogP contribution in [0.1, 0.15) is 13.8 Å². The maximum absolute atomic E-state index is 5.68. The molecule has 0 spiro atoms. The van der Waals surface area contributed by atoms with E-state index in [2.05, 4.69) is 23.6 Å². The van der Waals surface area contributed by atoms with Crippen LogP contribution in [0.4, 0.5) is 0 Å². The van der Waals surface area contributed by atoms with Crippen LogP contribution in [-0.4, -0.2) is 50.9 Å². The van der Waals surface area contributed by atoms with Gasteiger partial charge in [0.05, 0.1) is 6.61 Å². The standard InChI is InChI=1S/C9H22N2O/c1-8(2)7-12-9(10(3)4)11(5)6/h8-9H,7H2,1-6H3. The van der Waals surface area contributed by atoms with E-state index in [4.69, 9.17) is 4.74 Å². The molecule has 0 aliphatic rings. The lowest BCUT2D eigenvalue weighted by molar-refractivity contribution is -0.125. The lowest BCUT2D eigenvalue weighted by atomic mass is 10.2. The second kappa shape index (κ2) is 5.51. The van der Waals surface area contributed by atoms with Crippen molar-refractivity contribution in [3.63, 3.8) is 0 Å². The lowest BCUT2D eigenvalue weighted by Gasteiger charge is -2.30. The highest BCUT2D eigenvalue weighted by atomic mass is 16.5. The van der Waals surface area contributed by atoms with Crippen molar-refractivity contribution < 1.29 is 4.74 Å². The van der Waals surface area contributed by atoms with Gasteiger partial charge in [0.1, 0.15) is 0 Å². The van der Waals surface area contributed by atoms with Gasteiger partial charge >= 0.3 is 0 Å². The summed E-state index contributed by atoms with van der Waals surface area (Å²) in [5.41, 5.74) is 0. The molecule has 0 amide bonds. The van der Waals surface area contributed by atoms with E-state index in [1.165, 1.54) is 0 Å². The third-order valence-corrected chi connectivity index (χ3v) is 1.46. The third-order valence-electron chi connectivity index (χ3n) is 1.46. The van der Waals surface area contributed by atoms with Gasteiger partial charge in [0.15, 0.2) is 6.35 Å². The first-order chi connectivity index (χ1) is 5.45. The molecule has 0 unspecified atom stereocenters. The molecule has 0 aromatic rings. The molecule has 3 nitrogen and oxygen atoms in total. The van der Waals surface area contributed by atoms with Crippen molar-refractivity contribution in [3.8, 4) is 0 Å². The van der Waals surface area contributed by atoms with Gasteiger partial charge in [-0.1, -0.05) is 13.8 Å². The van der Waals surface area contributed by atoms with Crippen LogP contribution in [0.3, 0.4) is 0 Å². The maximum Gasteiger partial charge on any atom is 0.167 e. The fourth-order valence-corrected chi connectivity index (χ4v) is 1.04. The first kappa shape index (κ1) is 11.9. The number of nitrogens with zero attached hydrogens (tertiary/aromatic N) is 2. The molecular formula is C9H22N2O. The summed E-state index contributed by atoms with van der Waals surface area (Å²) in [6, 6.07) is 0. The summed E-state index contributed by atoms with van der Waals surface area (Å²) in [6.45, 7) is 5.12. The van der Waals surface area contributed by atoms with E-state index in [0.717, 1.165) is 6.61 Å². The number of rotatable bonds is 5. The summed E-state index contributed by atoms with van der Waals surface area (Å²) in [5.74, 6) is 0.590. The SMILES string of the molecule is CC(C)COC(N(C)C)N(C)C. The zero-order valence-electron chi connectivity index (χ0n) is 9.16. The van der Waals surface area contributed by atoms with Gasteiger partial charge in [-0.15, -0.1) is 0 Å². The molecule has 0 heterocycles. The molecule has 3 heteroatoms. The number of hydrogen-bond donors (Lipinski definition) is 0. The Morgan fingerprint density at radius 3 is 1.67 bits per heavy atom. The second-order valence-electron chi connectivity index (χ2n) is 3.98. The topological polar surface area (TPSA) is 15.7 Å². The van der Waals surface area contributed by atoms with Gasteiger partial charge in [0, 0.05) is 0 Å². The zero-order valence-corrected chi connectivity index (χ0v) is 9.16. The van der Waals surface area contributed by atoms with Crippen molar-refractivity contribution >= 4 is 0 Å². The van der Waals surface area contributed by atoms with Crippen molar-refractivity contribution in [2.24, 2.45) is 5.92 Å². The van der Waals surface area contributed by atoms with Crippen LogP contribution in [0, 0.1) is 5.92 Å². The molecule has 0 saturated carbocycles. The molecule has 0 rings (SSSR count). The van der Waals surface area contributed by atoms with Gasteiger partial charge < -0.3 is 4.74 Å². The van der Waals surface area contributed by atoms with Crippen LogP contribution in [0.5, 0.6) is 0 Å². The molecule has 0 radical (unpaired) electrons. The number of ether oxygens (including phenoxy) is 1. The molecule has 0 aromatic carbocycles. The molecule has 0 N–H and O–H groups in total. The van der Waals surface area contributed by atoms with Crippen molar-refractivity contribution in [3.05, 3.63) is 0 Å². The van der Waals surface area contributed by atoms with Crippen molar-refractivity contribution in [1.29, 1.82) is 0 Å². The molecule has 12 heavy (non-hydrogen) atoms. The molecule has 0 aliphatic heterocycles. The fourth-order valence-electron chi connectivity index (χ4n) is 1.04. The van der Waals surface area contributed by atoms with E-state index in [-0.39, 0.29) is 6.35 Å². The molecule has 0 aliphatic carbocycles. The molecule has 0 aromatic heterocycles. The van der Waals surface area contributed by atoms with Gasteiger partial charge in [-0.3, -0.25) is 9.80 Å². The Bertz CT molecular complexity index is 105. The van der Waals surface area contributed by atoms with Gasteiger partial charge in [-0.05, 0) is 34.1 Å². The molecule has 0 atom stereocenters. The van der Waals surface area contributed by atoms with E-state index in [1.54, 1.807) is 0 Å². The average molecular weight is 174 g/mol. The summed E-state index contributed by atoms with van der Waals surface area (Å²) >= 11 is 0. The normalized spacial score (nSPS) is 12.5. The van der Waals surface area contributed by atoms with E-state index in [9.17, 15) is 0 Å². The van der Waals surface area contributed by atoms with Gasteiger partial charge in [0.25, 0.3) is 0 Å². The zero-order chi connectivity index (χ0) is 9.72. The molecule has 0 fully saturated rings. The predicted octanol–water partition coefficient (Wildman–Crippen LogP) is 1.07. The molecule has 0 bridgehead atoms. The average Bonchev–Trinajstić information content (AvgIpc) is 1.84. The number of hydrogen-bond acceptors (Lipinski definition) is 3. The summed E-state index contributed by atoms with van der Waals surface area (Å²) in [7, 11) is 8.08. The van der Waals surface area contributed by atoms with Crippen molar-refractivity contribution in [1.82, 2.24) is 9.80 Å².